The summed E-state index contributed by atoms with van der Waals surface area (Å²) in [6, 6.07) is 11.3. The van der Waals surface area contributed by atoms with E-state index in [0.717, 1.165) is 18.6 Å². The first-order chi connectivity index (χ1) is 10.6. The first-order valence-corrected chi connectivity index (χ1v) is 8.34. The second-order valence-electron chi connectivity index (χ2n) is 6.74. The van der Waals surface area contributed by atoms with E-state index in [-0.39, 0.29) is 11.8 Å². The van der Waals surface area contributed by atoms with Crippen LogP contribution in [-0.4, -0.2) is 42.6 Å². The largest absolute Gasteiger partial charge is 0.493 e. The van der Waals surface area contributed by atoms with Crippen LogP contribution in [0.5, 0.6) is 5.75 Å². The van der Waals surface area contributed by atoms with Gasteiger partial charge in [-0.1, -0.05) is 25.1 Å². The summed E-state index contributed by atoms with van der Waals surface area (Å²) in [6.07, 6.45) is 4.70. The molecule has 1 N–H and O–H groups in total. The van der Waals surface area contributed by atoms with Crippen LogP contribution in [0.25, 0.3) is 0 Å². The molecule has 0 radical (unpaired) electrons. The number of rotatable bonds is 5. The van der Waals surface area contributed by atoms with Gasteiger partial charge in [0.15, 0.2) is 0 Å². The van der Waals surface area contributed by atoms with Gasteiger partial charge in [0, 0.05) is 25.2 Å². The summed E-state index contributed by atoms with van der Waals surface area (Å²) >= 11 is 0. The predicted octanol–water partition coefficient (Wildman–Crippen LogP) is 2.44. The third-order valence-corrected chi connectivity index (χ3v) is 5.01. The van der Waals surface area contributed by atoms with Crippen LogP contribution in [0.4, 0.5) is 0 Å². The number of fused-ring (bicyclic) bond motifs is 2. The highest BCUT2D eigenvalue weighted by Crippen LogP contribution is 2.29. The minimum Gasteiger partial charge on any atom is -0.493 e. The van der Waals surface area contributed by atoms with Gasteiger partial charge < -0.3 is 15.0 Å². The van der Waals surface area contributed by atoms with Crippen molar-refractivity contribution < 1.29 is 9.53 Å². The molecule has 1 aromatic rings. The molecule has 2 heterocycles. The fourth-order valence-electron chi connectivity index (χ4n) is 3.68. The van der Waals surface area contributed by atoms with E-state index < -0.39 is 0 Å². The fourth-order valence-corrected chi connectivity index (χ4v) is 3.68. The molecule has 2 fully saturated rings. The molecule has 1 aromatic carbocycles. The van der Waals surface area contributed by atoms with Gasteiger partial charge in [-0.15, -0.1) is 0 Å². The normalized spacial score (nSPS) is 28.2. The summed E-state index contributed by atoms with van der Waals surface area (Å²) < 4.78 is 5.72. The number of nitrogens with one attached hydrogen (secondary N) is 1. The molecule has 22 heavy (non-hydrogen) atoms. The summed E-state index contributed by atoms with van der Waals surface area (Å²) in [6.45, 7) is 2.39. The lowest BCUT2D eigenvalue weighted by Crippen LogP contribution is -2.50. The summed E-state index contributed by atoms with van der Waals surface area (Å²) in [7, 11) is 1.96. The SMILES string of the molecule is CC(COc1ccccc1)C(=O)N(C)C1CC2CCC(C1)N2. The van der Waals surface area contributed by atoms with Crippen LogP contribution in [-0.2, 0) is 4.79 Å². The highest BCUT2D eigenvalue weighted by atomic mass is 16.5. The number of ether oxygens (including phenoxy) is 1. The molecule has 3 atom stereocenters. The zero-order valence-electron chi connectivity index (χ0n) is 13.5. The molecule has 0 saturated carbocycles. The zero-order valence-corrected chi connectivity index (χ0v) is 13.5. The Labute approximate surface area is 132 Å². The van der Waals surface area contributed by atoms with E-state index in [1.165, 1.54) is 12.8 Å². The lowest BCUT2D eigenvalue weighted by atomic mass is 9.97. The summed E-state index contributed by atoms with van der Waals surface area (Å²) in [4.78, 5) is 14.6. The predicted molar refractivity (Wildman–Crippen MR) is 86.8 cm³/mol. The Morgan fingerprint density at radius 1 is 1.27 bits per heavy atom. The van der Waals surface area contributed by atoms with Crippen LogP contribution in [0.15, 0.2) is 30.3 Å². The highest BCUT2D eigenvalue weighted by molar-refractivity contribution is 5.78. The van der Waals surface area contributed by atoms with Crippen molar-refractivity contribution in [3.8, 4) is 5.75 Å². The van der Waals surface area contributed by atoms with Gasteiger partial charge in [-0.25, -0.2) is 0 Å². The van der Waals surface area contributed by atoms with Gasteiger partial charge in [0.2, 0.25) is 5.91 Å². The number of hydrogen-bond donors (Lipinski definition) is 1. The van der Waals surface area contributed by atoms with Crippen molar-refractivity contribution in [1.29, 1.82) is 0 Å². The quantitative estimate of drug-likeness (QED) is 0.908. The first kappa shape index (κ1) is 15.3. The van der Waals surface area contributed by atoms with Gasteiger partial charge in [-0.3, -0.25) is 4.79 Å². The fraction of sp³-hybridized carbons (Fsp3) is 0.611. The maximum absolute atomic E-state index is 12.6. The van der Waals surface area contributed by atoms with Gasteiger partial charge in [-0.05, 0) is 37.8 Å². The number of carbonyl (C=O) groups excluding carboxylic acids is 1. The molecule has 3 unspecified atom stereocenters. The Kier molecular flexibility index (Phi) is 4.67. The molecule has 4 heteroatoms. The maximum Gasteiger partial charge on any atom is 0.228 e. The number of benzene rings is 1. The van der Waals surface area contributed by atoms with Gasteiger partial charge in [0.05, 0.1) is 12.5 Å². The van der Waals surface area contributed by atoms with Crippen molar-refractivity contribution in [3.05, 3.63) is 30.3 Å². The van der Waals surface area contributed by atoms with Crippen molar-refractivity contribution in [1.82, 2.24) is 10.2 Å². The zero-order chi connectivity index (χ0) is 15.5. The minimum absolute atomic E-state index is 0.113. The molecule has 0 aromatic heterocycles. The maximum atomic E-state index is 12.6. The number of amides is 1. The molecule has 1 amide bonds. The highest BCUT2D eigenvalue weighted by Gasteiger charge is 2.37. The van der Waals surface area contributed by atoms with Gasteiger partial charge in [0.25, 0.3) is 0 Å². The molecule has 2 saturated heterocycles. The Balaban J connectivity index is 1.51. The molecule has 2 bridgehead atoms. The molecule has 0 spiro atoms. The summed E-state index contributed by atoms with van der Waals surface area (Å²) in [5.74, 6) is 0.907. The number of piperidine rings is 1. The van der Waals surface area contributed by atoms with Crippen molar-refractivity contribution in [2.75, 3.05) is 13.7 Å². The number of hydrogen-bond acceptors (Lipinski definition) is 3. The average molecular weight is 302 g/mol. The molecule has 0 aliphatic carbocycles. The molecule has 120 valence electrons. The topological polar surface area (TPSA) is 41.6 Å². The van der Waals surface area contributed by atoms with Crippen LogP contribution in [0.1, 0.15) is 32.6 Å². The summed E-state index contributed by atoms with van der Waals surface area (Å²) in [5.41, 5.74) is 0. The number of carbonyl (C=O) groups is 1. The van der Waals surface area contributed by atoms with E-state index in [1.807, 2.05) is 49.2 Å². The molecule has 2 aliphatic rings. The van der Waals surface area contributed by atoms with E-state index in [9.17, 15) is 4.79 Å². The van der Waals surface area contributed by atoms with Crippen LogP contribution in [0.3, 0.4) is 0 Å². The van der Waals surface area contributed by atoms with Crippen molar-refractivity contribution >= 4 is 5.91 Å². The van der Waals surface area contributed by atoms with Crippen LogP contribution >= 0.6 is 0 Å². The second-order valence-corrected chi connectivity index (χ2v) is 6.74. The van der Waals surface area contributed by atoms with Crippen molar-refractivity contribution in [3.63, 3.8) is 0 Å². The molecular weight excluding hydrogens is 276 g/mol. The van der Waals surface area contributed by atoms with Crippen molar-refractivity contribution in [2.24, 2.45) is 5.92 Å². The second kappa shape index (κ2) is 6.69. The smallest absolute Gasteiger partial charge is 0.228 e. The van der Waals surface area contributed by atoms with Gasteiger partial charge in [0.1, 0.15) is 5.75 Å². The third kappa shape index (κ3) is 3.43. The van der Waals surface area contributed by atoms with E-state index >= 15 is 0 Å². The van der Waals surface area contributed by atoms with Gasteiger partial charge in [-0.2, -0.15) is 0 Å². The number of para-hydroxylation sites is 1. The Bertz CT molecular complexity index is 493. The molecule has 3 rings (SSSR count). The Hall–Kier alpha value is -1.55. The third-order valence-electron chi connectivity index (χ3n) is 5.01. The van der Waals surface area contributed by atoms with E-state index in [0.29, 0.717) is 24.7 Å². The van der Waals surface area contributed by atoms with E-state index in [1.54, 1.807) is 0 Å². The Morgan fingerprint density at radius 2 is 1.91 bits per heavy atom. The standard InChI is InChI=1S/C18H26N2O2/c1-13(12-22-17-6-4-3-5-7-17)18(21)20(2)16-10-14-8-9-15(11-16)19-14/h3-7,13-16,19H,8-12H2,1-2H3. The van der Waals surface area contributed by atoms with Crippen LogP contribution < -0.4 is 10.1 Å². The molecular formula is C18H26N2O2. The van der Waals surface area contributed by atoms with Gasteiger partial charge >= 0.3 is 0 Å². The monoisotopic (exact) mass is 302 g/mol. The average Bonchev–Trinajstić information content (AvgIpc) is 2.90. The van der Waals surface area contributed by atoms with Crippen LogP contribution in [0.2, 0.25) is 0 Å². The summed E-state index contributed by atoms with van der Waals surface area (Å²) in [5, 5.41) is 3.63. The van der Waals surface area contributed by atoms with E-state index in [4.69, 9.17) is 4.74 Å². The van der Waals surface area contributed by atoms with Crippen molar-refractivity contribution in [2.45, 2.75) is 50.7 Å². The lowest BCUT2D eigenvalue weighted by molar-refractivity contribution is -0.137. The molecule has 2 aliphatic heterocycles. The molecule has 4 nitrogen and oxygen atoms in total. The number of nitrogens with zero attached hydrogens (tertiary/aromatic N) is 1. The Morgan fingerprint density at radius 3 is 2.55 bits per heavy atom. The van der Waals surface area contributed by atoms with E-state index in [2.05, 4.69) is 5.32 Å². The first-order valence-electron chi connectivity index (χ1n) is 8.34. The lowest BCUT2D eigenvalue weighted by Gasteiger charge is -2.36. The minimum atomic E-state index is -0.113. The van der Waals surface area contributed by atoms with Crippen LogP contribution in [0, 0.1) is 5.92 Å².